The van der Waals surface area contributed by atoms with Crippen molar-refractivity contribution in [2.45, 2.75) is 6.92 Å². The molecule has 0 heterocycles. The number of allylic oxidation sites excluding steroid dienone is 4. The first kappa shape index (κ1) is 7.55. The van der Waals surface area contributed by atoms with Crippen LogP contribution in [0.1, 0.15) is 6.92 Å². The third-order valence-electron chi connectivity index (χ3n) is 1.70. The second-order valence-corrected chi connectivity index (χ2v) is 2.34. The molecule has 1 N–H and O–H groups in total. The van der Waals surface area contributed by atoms with Gasteiger partial charge in [0.05, 0.1) is 11.8 Å². The van der Waals surface area contributed by atoms with Crippen LogP contribution < -0.4 is 0 Å². The summed E-state index contributed by atoms with van der Waals surface area (Å²) < 4.78 is 0. The SMILES string of the molecule is CC1C(C#N)=CC=CC1=NO. The molecular formula is C8H8N2O. The van der Waals surface area contributed by atoms with Crippen LogP contribution in [0.3, 0.4) is 0 Å². The van der Waals surface area contributed by atoms with Crippen LogP contribution in [-0.4, -0.2) is 10.9 Å². The second-order valence-electron chi connectivity index (χ2n) is 2.34. The molecule has 56 valence electrons. The third kappa shape index (κ3) is 1.30. The molecule has 0 aromatic heterocycles. The first-order valence-electron chi connectivity index (χ1n) is 3.30. The van der Waals surface area contributed by atoms with Crippen LogP contribution in [0.2, 0.25) is 0 Å². The van der Waals surface area contributed by atoms with Gasteiger partial charge in [0.15, 0.2) is 0 Å². The molecule has 3 heteroatoms. The smallest absolute Gasteiger partial charge is 0.0954 e. The lowest BCUT2D eigenvalue weighted by atomic mass is 9.93. The maximum atomic E-state index is 8.59. The quantitative estimate of drug-likeness (QED) is 0.417. The minimum absolute atomic E-state index is 0.0880. The molecule has 0 spiro atoms. The van der Waals surface area contributed by atoms with Crippen molar-refractivity contribution in [3.63, 3.8) is 0 Å². The molecule has 0 radical (unpaired) electrons. The number of rotatable bonds is 0. The molecule has 1 aliphatic carbocycles. The summed E-state index contributed by atoms with van der Waals surface area (Å²) in [5, 5.41) is 20.1. The van der Waals surface area contributed by atoms with Gasteiger partial charge in [-0.15, -0.1) is 0 Å². The summed E-state index contributed by atoms with van der Waals surface area (Å²) in [7, 11) is 0. The van der Waals surface area contributed by atoms with E-state index < -0.39 is 0 Å². The molecule has 0 bridgehead atoms. The molecule has 0 saturated carbocycles. The second kappa shape index (κ2) is 3.02. The summed E-state index contributed by atoms with van der Waals surface area (Å²) >= 11 is 0. The summed E-state index contributed by atoms with van der Waals surface area (Å²) in [6, 6.07) is 2.04. The van der Waals surface area contributed by atoms with Crippen LogP contribution in [0, 0.1) is 17.2 Å². The maximum Gasteiger partial charge on any atom is 0.0954 e. The largest absolute Gasteiger partial charge is 0.411 e. The Morgan fingerprint density at radius 1 is 1.73 bits per heavy atom. The summed E-state index contributed by atoms with van der Waals surface area (Å²) in [5.41, 5.74) is 1.16. The topological polar surface area (TPSA) is 56.4 Å². The fraction of sp³-hybridized carbons (Fsp3) is 0.250. The zero-order valence-electron chi connectivity index (χ0n) is 6.15. The number of hydrogen-bond donors (Lipinski definition) is 1. The lowest BCUT2D eigenvalue weighted by Gasteiger charge is -2.11. The predicted octanol–water partition coefficient (Wildman–Crippen LogP) is 1.47. The molecule has 1 atom stereocenters. The van der Waals surface area contributed by atoms with Gasteiger partial charge < -0.3 is 5.21 Å². The van der Waals surface area contributed by atoms with E-state index in [9.17, 15) is 0 Å². The lowest BCUT2D eigenvalue weighted by molar-refractivity contribution is 0.317. The maximum absolute atomic E-state index is 8.59. The summed E-state index contributed by atoms with van der Waals surface area (Å²) in [4.78, 5) is 0. The van der Waals surface area contributed by atoms with Crippen molar-refractivity contribution in [2.75, 3.05) is 0 Å². The predicted molar refractivity (Wildman–Crippen MR) is 41.2 cm³/mol. The van der Waals surface area contributed by atoms with Gasteiger partial charge >= 0.3 is 0 Å². The molecular weight excluding hydrogens is 140 g/mol. The van der Waals surface area contributed by atoms with E-state index in [2.05, 4.69) is 5.16 Å². The highest BCUT2D eigenvalue weighted by atomic mass is 16.4. The summed E-state index contributed by atoms with van der Waals surface area (Å²) in [6.07, 6.45) is 5.11. The van der Waals surface area contributed by atoms with E-state index in [0.717, 1.165) is 0 Å². The van der Waals surface area contributed by atoms with E-state index in [4.69, 9.17) is 10.5 Å². The van der Waals surface area contributed by atoms with Crippen molar-refractivity contribution in [2.24, 2.45) is 11.1 Å². The van der Waals surface area contributed by atoms with Crippen molar-refractivity contribution in [1.29, 1.82) is 5.26 Å². The van der Waals surface area contributed by atoms with Gasteiger partial charge in [-0.05, 0) is 12.2 Å². The highest BCUT2D eigenvalue weighted by molar-refractivity contribution is 6.00. The number of nitriles is 1. The minimum atomic E-state index is -0.0880. The van der Waals surface area contributed by atoms with Crippen molar-refractivity contribution in [3.8, 4) is 6.07 Å². The first-order valence-corrected chi connectivity index (χ1v) is 3.30. The molecule has 1 unspecified atom stereocenters. The van der Waals surface area contributed by atoms with E-state index in [0.29, 0.717) is 11.3 Å². The van der Waals surface area contributed by atoms with E-state index in [1.54, 1.807) is 18.2 Å². The molecule has 1 rings (SSSR count). The van der Waals surface area contributed by atoms with Crippen LogP contribution in [0.5, 0.6) is 0 Å². The monoisotopic (exact) mass is 148 g/mol. The summed E-state index contributed by atoms with van der Waals surface area (Å²) in [6.45, 7) is 1.83. The summed E-state index contributed by atoms with van der Waals surface area (Å²) in [5.74, 6) is -0.0880. The number of oxime groups is 1. The zero-order chi connectivity index (χ0) is 8.27. The van der Waals surface area contributed by atoms with Crippen LogP contribution in [0.4, 0.5) is 0 Å². The number of hydrogen-bond acceptors (Lipinski definition) is 3. The van der Waals surface area contributed by atoms with Gasteiger partial charge in [0.1, 0.15) is 0 Å². The molecule has 0 aromatic carbocycles. The fourth-order valence-electron chi connectivity index (χ4n) is 0.952. The van der Waals surface area contributed by atoms with E-state index in [-0.39, 0.29) is 5.92 Å². The minimum Gasteiger partial charge on any atom is -0.411 e. The van der Waals surface area contributed by atoms with Gasteiger partial charge in [0, 0.05) is 11.5 Å². The molecule has 0 aromatic rings. The van der Waals surface area contributed by atoms with Crippen molar-refractivity contribution in [3.05, 3.63) is 23.8 Å². The van der Waals surface area contributed by atoms with E-state index >= 15 is 0 Å². The van der Waals surface area contributed by atoms with Crippen molar-refractivity contribution >= 4 is 5.71 Å². The van der Waals surface area contributed by atoms with Gasteiger partial charge in [0.2, 0.25) is 0 Å². The average Bonchev–Trinajstić information content (AvgIpc) is 2.05. The van der Waals surface area contributed by atoms with Crippen molar-refractivity contribution < 1.29 is 5.21 Å². The van der Waals surface area contributed by atoms with Gasteiger partial charge in [0.25, 0.3) is 0 Å². The molecule has 1 aliphatic rings. The van der Waals surface area contributed by atoms with Crippen LogP contribution in [0.15, 0.2) is 29.0 Å². The van der Waals surface area contributed by atoms with E-state index in [1.807, 2.05) is 13.0 Å². The van der Waals surface area contributed by atoms with Crippen LogP contribution >= 0.6 is 0 Å². The first-order chi connectivity index (χ1) is 5.29. The highest BCUT2D eigenvalue weighted by Gasteiger charge is 2.15. The molecule has 0 saturated heterocycles. The Kier molecular flexibility index (Phi) is 2.07. The Hall–Kier alpha value is -1.56. The van der Waals surface area contributed by atoms with Crippen molar-refractivity contribution in [1.82, 2.24) is 0 Å². The highest BCUT2D eigenvalue weighted by Crippen LogP contribution is 2.16. The lowest BCUT2D eigenvalue weighted by Crippen LogP contribution is -2.12. The average molecular weight is 148 g/mol. The normalized spacial score (nSPS) is 26.4. The van der Waals surface area contributed by atoms with Gasteiger partial charge in [-0.2, -0.15) is 5.26 Å². The molecule has 11 heavy (non-hydrogen) atoms. The van der Waals surface area contributed by atoms with Crippen LogP contribution in [-0.2, 0) is 0 Å². The van der Waals surface area contributed by atoms with Gasteiger partial charge in [-0.25, -0.2) is 0 Å². The molecule has 3 nitrogen and oxygen atoms in total. The Balaban J connectivity index is 2.97. The van der Waals surface area contributed by atoms with Crippen LogP contribution in [0.25, 0.3) is 0 Å². The third-order valence-corrected chi connectivity index (χ3v) is 1.70. The molecule has 0 aliphatic heterocycles. The Morgan fingerprint density at radius 2 is 2.45 bits per heavy atom. The Bertz CT molecular complexity index is 281. The fourth-order valence-corrected chi connectivity index (χ4v) is 0.952. The molecule has 0 amide bonds. The van der Waals surface area contributed by atoms with Gasteiger partial charge in [-0.1, -0.05) is 18.2 Å². The standard InChI is InChI=1S/C8H8N2O/c1-6-7(5-9)3-2-4-8(6)10-11/h2-4,6,11H,1H3. The Morgan fingerprint density at radius 3 is 3.00 bits per heavy atom. The molecule has 0 fully saturated rings. The number of nitrogens with zero attached hydrogens (tertiary/aromatic N) is 2. The van der Waals surface area contributed by atoms with E-state index in [1.165, 1.54) is 0 Å². The Labute approximate surface area is 64.9 Å². The van der Waals surface area contributed by atoms with Gasteiger partial charge in [-0.3, -0.25) is 0 Å². The zero-order valence-corrected chi connectivity index (χ0v) is 6.15.